The Balaban J connectivity index is 1.91. The highest BCUT2D eigenvalue weighted by Gasteiger charge is 2.06. The summed E-state index contributed by atoms with van der Waals surface area (Å²) < 4.78 is 1.95. The quantitative estimate of drug-likeness (QED) is 0.586. The molecule has 1 aromatic rings. The fourth-order valence-electron chi connectivity index (χ4n) is 1.22. The van der Waals surface area contributed by atoms with Crippen LogP contribution >= 0.6 is 0 Å². The van der Waals surface area contributed by atoms with E-state index in [1.807, 2.05) is 23.1 Å². The summed E-state index contributed by atoms with van der Waals surface area (Å²) in [6.07, 6.45) is 10.1. The number of allylic oxidation sites excluding steroid dienone is 2. The lowest BCUT2D eigenvalue weighted by atomic mass is 9.92. The molecule has 0 aliphatic heterocycles. The summed E-state index contributed by atoms with van der Waals surface area (Å²) in [7, 11) is 0. The average molecular weight is 148 g/mol. The van der Waals surface area contributed by atoms with Gasteiger partial charge in [-0.15, -0.1) is 0 Å². The summed E-state index contributed by atoms with van der Waals surface area (Å²) >= 11 is 0. The van der Waals surface area contributed by atoms with E-state index in [-0.39, 0.29) is 0 Å². The Hall–Kier alpha value is -1.05. The lowest BCUT2D eigenvalue weighted by Crippen LogP contribution is -2.01. The van der Waals surface area contributed by atoms with Gasteiger partial charge in [0.05, 0.1) is 6.54 Å². The first-order valence-electron chi connectivity index (χ1n) is 4.10. The standard InChI is InChI=1S/C9H12N2/c1-3-9(4-1)5-8-11-7-2-6-10-11/h2,5-7H,1,3-4,8H2. The predicted octanol–water partition coefficient (Wildman–Crippen LogP) is 1.99. The minimum absolute atomic E-state index is 0.947. The molecule has 11 heavy (non-hydrogen) atoms. The molecule has 1 aromatic heterocycles. The zero-order chi connectivity index (χ0) is 7.52. The van der Waals surface area contributed by atoms with Gasteiger partial charge in [0.15, 0.2) is 0 Å². The van der Waals surface area contributed by atoms with Crippen LogP contribution in [0.3, 0.4) is 0 Å². The molecule has 0 spiro atoms. The van der Waals surface area contributed by atoms with Crippen molar-refractivity contribution < 1.29 is 0 Å². The maximum atomic E-state index is 4.12. The van der Waals surface area contributed by atoms with Crippen LogP contribution < -0.4 is 0 Å². The summed E-state index contributed by atoms with van der Waals surface area (Å²) in [6.45, 7) is 0.947. The number of nitrogens with zero attached hydrogens (tertiary/aromatic N) is 2. The third-order valence-corrected chi connectivity index (χ3v) is 2.12. The van der Waals surface area contributed by atoms with Crippen molar-refractivity contribution in [2.45, 2.75) is 25.8 Å². The molecule has 1 fully saturated rings. The molecular formula is C9H12N2. The molecule has 1 heterocycles. The number of hydrogen-bond donors (Lipinski definition) is 0. The molecule has 0 aromatic carbocycles. The van der Waals surface area contributed by atoms with Crippen molar-refractivity contribution in [3.05, 3.63) is 30.1 Å². The first-order valence-corrected chi connectivity index (χ1v) is 4.10. The Morgan fingerprint density at radius 1 is 1.55 bits per heavy atom. The minimum atomic E-state index is 0.947. The van der Waals surface area contributed by atoms with Gasteiger partial charge in [-0.2, -0.15) is 5.10 Å². The van der Waals surface area contributed by atoms with Crippen LogP contribution in [0.5, 0.6) is 0 Å². The van der Waals surface area contributed by atoms with Crippen LogP contribution in [0.25, 0.3) is 0 Å². The summed E-state index contributed by atoms with van der Waals surface area (Å²) in [5, 5.41) is 4.12. The first-order chi connectivity index (χ1) is 5.45. The molecule has 2 rings (SSSR count). The van der Waals surface area contributed by atoms with E-state index in [0.717, 1.165) is 6.54 Å². The van der Waals surface area contributed by atoms with E-state index in [9.17, 15) is 0 Å². The van der Waals surface area contributed by atoms with Crippen molar-refractivity contribution in [3.63, 3.8) is 0 Å². The molecule has 0 radical (unpaired) electrons. The van der Waals surface area contributed by atoms with Gasteiger partial charge >= 0.3 is 0 Å². The molecule has 0 amide bonds. The van der Waals surface area contributed by atoms with E-state index in [0.29, 0.717) is 0 Å². The maximum absolute atomic E-state index is 4.12. The van der Waals surface area contributed by atoms with Crippen LogP contribution in [-0.4, -0.2) is 9.78 Å². The fraction of sp³-hybridized carbons (Fsp3) is 0.444. The van der Waals surface area contributed by atoms with E-state index in [2.05, 4.69) is 11.2 Å². The Kier molecular flexibility index (Phi) is 1.76. The van der Waals surface area contributed by atoms with Gasteiger partial charge in [-0.3, -0.25) is 4.68 Å². The van der Waals surface area contributed by atoms with E-state index in [1.165, 1.54) is 19.3 Å². The largest absolute Gasteiger partial charge is 0.269 e. The summed E-state index contributed by atoms with van der Waals surface area (Å²) in [6, 6.07) is 1.96. The maximum Gasteiger partial charge on any atom is 0.0592 e. The van der Waals surface area contributed by atoms with Crippen molar-refractivity contribution in [1.82, 2.24) is 9.78 Å². The van der Waals surface area contributed by atoms with Crippen LogP contribution in [0.1, 0.15) is 19.3 Å². The monoisotopic (exact) mass is 148 g/mol. The van der Waals surface area contributed by atoms with Crippen molar-refractivity contribution in [2.24, 2.45) is 0 Å². The molecule has 0 atom stereocenters. The second kappa shape index (κ2) is 2.91. The van der Waals surface area contributed by atoms with Crippen LogP contribution in [0.15, 0.2) is 30.1 Å². The first kappa shape index (κ1) is 6.65. The molecule has 1 saturated carbocycles. The van der Waals surface area contributed by atoms with Crippen molar-refractivity contribution in [1.29, 1.82) is 0 Å². The van der Waals surface area contributed by atoms with Gasteiger partial charge in [0.25, 0.3) is 0 Å². The average Bonchev–Trinajstić information content (AvgIpc) is 2.36. The molecule has 1 aliphatic carbocycles. The number of aromatic nitrogens is 2. The van der Waals surface area contributed by atoms with Gasteiger partial charge in [0.1, 0.15) is 0 Å². The third kappa shape index (κ3) is 1.50. The van der Waals surface area contributed by atoms with Gasteiger partial charge in [-0.1, -0.05) is 11.6 Å². The van der Waals surface area contributed by atoms with Crippen LogP contribution in [-0.2, 0) is 6.54 Å². The number of hydrogen-bond acceptors (Lipinski definition) is 1. The van der Waals surface area contributed by atoms with Crippen LogP contribution in [0.4, 0.5) is 0 Å². The zero-order valence-electron chi connectivity index (χ0n) is 6.53. The molecule has 0 bridgehead atoms. The second-order valence-electron chi connectivity index (χ2n) is 2.94. The normalized spacial score (nSPS) is 16.2. The molecule has 0 saturated heterocycles. The van der Waals surface area contributed by atoms with Crippen molar-refractivity contribution in [2.75, 3.05) is 0 Å². The molecule has 0 N–H and O–H groups in total. The smallest absolute Gasteiger partial charge is 0.0592 e. The summed E-state index contributed by atoms with van der Waals surface area (Å²) in [5.74, 6) is 0. The van der Waals surface area contributed by atoms with E-state index >= 15 is 0 Å². The SMILES string of the molecule is C(Cn1cccn1)=C1CCC1. The van der Waals surface area contributed by atoms with E-state index < -0.39 is 0 Å². The topological polar surface area (TPSA) is 17.8 Å². The van der Waals surface area contributed by atoms with Gasteiger partial charge in [0.2, 0.25) is 0 Å². The van der Waals surface area contributed by atoms with E-state index in [4.69, 9.17) is 0 Å². The lowest BCUT2D eigenvalue weighted by molar-refractivity contribution is 0.633. The summed E-state index contributed by atoms with van der Waals surface area (Å²) in [5.41, 5.74) is 1.60. The van der Waals surface area contributed by atoms with E-state index in [1.54, 1.807) is 5.57 Å². The van der Waals surface area contributed by atoms with Crippen LogP contribution in [0, 0.1) is 0 Å². The Morgan fingerprint density at radius 2 is 2.45 bits per heavy atom. The Labute approximate surface area is 66.5 Å². The number of rotatable bonds is 2. The predicted molar refractivity (Wildman–Crippen MR) is 44.2 cm³/mol. The van der Waals surface area contributed by atoms with Gasteiger partial charge < -0.3 is 0 Å². The van der Waals surface area contributed by atoms with Crippen molar-refractivity contribution in [3.8, 4) is 0 Å². The minimum Gasteiger partial charge on any atom is -0.269 e. The van der Waals surface area contributed by atoms with Crippen molar-refractivity contribution >= 4 is 0 Å². The molecule has 2 heteroatoms. The molecular weight excluding hydrogens is 136 g/mol. The molecule has 58 valence electrons. The Morgan fingerprint density at radius 3 is 3.00 bits per heavy atom. The highest BCUT2D eigenvalue weighted by molar-refractivity contribution is 5.09. The zero-order valence-corrected chi connectivity index (χ0v) is 6.53. The Bertz CT molecular complexity index is 241. The summed E-state index contributed by atoms with van der Waals surface area (Å²) in [4.78, 5) is 0. The lowest BCUT2D eigenvalue weighted by Gasteiger charge is -2.15. The highest BCUT2D eigenvalue weighted by atomic mass is 15.3. The van der Waals surface area contributed by atoms with Gasteiger partial charge in [-0.05, 0) is 25.3 Å². The molecule has 2 nitrogen and oxygen atoms in total. The second-order valence-corrected chi connectivity index (χ2v) is 2.94. The third-order valence-electron chi connectivity index (χ3n) is 2.12. The van der Waals surface area contributed by atoms with Crippen LogP contribution in [0.2, 0.25) is 0 Å². The molecule has 0 unspecified atom stereocenters. The highest BCUT2D eigenvalue weighted by Crippen LogP contribution is 2.24. The molecule has 1 aliphatic rings. The van der Waals surface area contributed by atoms with Gasteiger partial charge in [-0.25, -0.2) is 0 Å². The fourth-order valence-corrected chi connectivity index (χ4v) is 1.22. The van der Waals surface area contributed by atoms with Gasteiger partial charge in [0, 0.05) is 12.4 Å².